The van der Waals surface area contributed by atoms with E-state index in [0.29, 0.717) is 5.82 Å². The SMILES string of the molecule is Cc1ncn(-c2ccc(NC(=O)c3ncc[nH]3)cc2)c1C. The van der Waals surface area contributed by atoms with E-state index in [1.807, 2.05) is 42.7 Å². The number of nitrogens with zero attached hydrogens (tertiary/aromatic N) is 3. The number of H-pyrrole nitrogens is 1. The summed E-state index contributed by atoms with van der Waals surface area (Å²) in [6, 6.07) is 7.58. The van der Waals surface area contributed by atoms with Crippen LogP contribution in [0, 0.1) is 13.8 Å². The zero-order valence-corrected chi connectivity index (χ0v) is 11.8. The van der Waals surface area contributed by atoms with Crippen molar-refractivity contribution in [2.45, 2.75) is 13.8 Å². The Hall–Kier alpha value is -2.89. The maximum Gasteiger partial charge on any atom is 0.291 e. The van der Waals surface area contributed by atoms with Crippen molar-refractivity contribution in [3.05, 3.63) is 60.2 Å². The number of benzene rings is 1. The number of imidazole rings is 2. The number of aryl methyl sites for hydroxylation is 1. The first-order valence-corrected chi connectivity index (χ1v) is 6.57. The summed E-state index contributed by atoms with van der Waals surface area (Å²) < 4.78 is 2.01. The highest BCUT2D eigenvalue weighted by molar-refractivity contribution is 6.01. The van der Waals surface area contributed by atoms with Crippen LogP contribution in [0.4, 0.5) is 5.69 Å². The van der Waals surface area contributed by atoms with E-state index < -0.39 is 0 Å². The quantitative estimate of drug-likeness (QED) is 0.774. The van der Waals surface area contributed by atoms with Crippen LogP contribution in [0.3, 0.4) is 0 Å². The molecule has 0 aliphatic rings. The average molecular weight is 281 g/mol. The van der Waals surface area contributed by atoms with Crippen LogP contribution in [0.15, 0.2) is 43.0 Å². The van der Waals surface area contributed by atoms with Crippen LogP contribution in [0.25, 0.3) is 5.69 Å². The lowest BCUT2D eigenvalue weighted by Crippen LogP contribution is -2.13. The molecule has 0 atom stereocenters. The molecule has 2 aromatic heterocycles. The predicted molar refractivity (Wildman–Crippen MR) is 79.6 cm³/mol. The average Bonchev–Trinajstić information content (AvgIpc) is 3.12. The van der Waals surface area contributed by atoms with Crippen molar-refractivity contribution in [1.82, 2.24) is 19.5 Å². The van der Waals surface area contributed by atoms with E-state index in [4.69, 9.17) is 0 Å². The second-order valence-corrected chi connectivity index (χ2v) is 4.72. The Morgan fingerprint density at radius 1 is 1.19 bits per heavy atom. The Bertz CT molecular complexity index is 756. The molecule has 0 saturated heterocycles. The largest absolute Gasteiger partial charge is 0.341 e. The minimum absolute atomic E-state index is 0.262. The van der Waals surface area contributed by atoms with Gasteiger partial charge in [0.2, 0.25) is 0 Å². The second-order valence-electron chi connectivity index (χ2n) is 4.72. The molecule has 0 aliphatic heterocycles. The Morgan fingerprint density at radius 3 is 2.52 bits per heavy atom. The Labute approximate surface area is 121 Å². The summed E-state index contributed by atoms with van der Waals surface area (Å²) in [7, 11) is 0. The van der Waals surface area contributed by atoms with Gasteiger partial charge in [-0.1, -0.05) is 0 Å². The molecule has 0 spiro atoms. The van der Waals surface area contributed by atoms with Crippen LogP contribution in [0.5, 0.6) is 0 Å². The van der Waals surface area contributed by atoms with Gasteiger partial charge in [-0.25, -0.2) is 9.97 Å². The number of hydrogen-bond acceptors (Lipinski definition) is 3. The van der Waals surface area contributed by atoms with E-state index in [0.717, 1.165) is 22.8 Å². The standard InChI is InChI=1S/C15H15N5O/c1-10-11(2)20(9-18-10)13-5-3-12(4-6-13)19-15(21)14-16-7-8-17-14/h3-9H,1-2H3,(H,16,17)(H,19,21). The maximum absolute atomic E-state index is 11.9. The molecule has 0 bridgehead atoms. The molecule has 1 aromatic carbocycles. The zero-order valence-electron chi connectivity index (χ0n) is 11.8. The minimum atomic E-state index is -0.262. The van der Waals surface area contributed by atoms with Gasteiger partial charge in [0.15, 0.2) is 5.82 Å². The molecule has 6 nitrogen and oxygen atoms in total. The molecule has 2 N–H and O–H groups in total. The minimum Gasteiger partial charge on any atom is -0.341 e. The van der Waals surface area contributed by atoms with Crippen LogP contribution < -0.4 is 5.32 Å². The third-order valence-electron chi connectivity index (χ3n) is 3.37. The van der Waals surface area contributed by atoms with E-state index in [1.54, 1.807) is 18.7 Å². The summed E-state index contributed by atoms with van der Waals surface area (Å²) in [6.07, 6.45) is 4.95. The van der Waals surface area contributed by atoms with Crippen LogP contribution in [-0.2, 0) is 0 Å². The number of carbonyl (C=O) groups is 1. The second kappa shape index (κ2) is 5.24. The van der Waals surface area contributed by atoms with Crippen molar-refractivity contribution < 1.29 is 4.79 Å². The molecule has 2 heterocycles. The van der Waals surface area contributed by atoms with Gasteiger partial charge in [-0.2, -0.15) is 0 Å². The third kappa shape index (κ3) is 2.55. The fourth-order valence-corrected chi connectivity index (χ4v) is 2.04. The van der Waals surface area contributed by atoms with E-state index in [-0.39, 0.29) is 5.91 Å². The lowest BCUT2D eigenvalue weighted by Gasteiger charge is -2.07. The van der Waals surface area contributed by atoms with Gasteiger partial charge in [0, 0.05) is 29.5 Å². The highest BCUT2D eigenvalue weighted by atomic mass is 16.2. The van der Waals surface area contributed by atoms with Crippen LogP contribution in [-0.4, -0.2) is 25.4 Å². The molecule has 0 radical (unpaired) electrons. The number of aromatic amines is 1. The lowest BCUT2D eigenvalue weighted by molar-refractivity contribution is 0.101. The molecule has 0 aliphatic carbocycles. The van der Waals surface area contributed by atoms with Gasteiger partial charge in [0.25, 0.3) is 5.91 Å². The van der Waals surface area contributed by atoms with Gasteiger partial charge >= 0.3 is 0 Å². The first-order valence-electron chi connectivity index (χ1n) is 6.57. The highest BCUT2D eigenvalue weighted by Gasteiger charge is 2.08. The molecule has 0 fully saturated rings. The van der Waals surface area contributed by atoms with Crippen molar-refractivity contribution >= 4 is 11.6 Å². The molecule has 1 amide bonds. The molecule has 3 aromatic rings. The monoisotopic (exact) mass is 281 g/mol. The normalized spacial score (nSPS) is 10.6. The summed E-state index contributed by atoms with van der Waals surface area (Å²) >= 11 is 0. The number of carbonyl (C=O) groups excluding carboxylic acids is 1. The smallest absolute Gasteiger partial charge is 0.291 e. The van der Waals surface area contributed by atoms with Crippen LogP contribution >= 0.6 is 0 Å². The van der Waals surface area contributed by atoms with Crippen molar-refractivity contribution in [2.75, 3.05) is 5.32 Å². The fraction of sp³-hybridized carbons (Fsp3) is 0.133. The summed E-state index contributed by atoms with van der Waals surface area (Å²) in [6.45, 7) is 4.00. The van der Waals surface area contributed by atoms with Gasteiger partial charge in [0.1, 0.15) is 0 Å². The molecular weight excluding hydrogens is 266 g/mol. The first kappa shape index (κ1) is 13.1. The number of anilines is 1. The van der Waals surface area contributed by atoms with Crippen molar-refractivity contribution in [2.24, 2.45) is 0 Å². The Kier molecular flexibility index (Phi) is 3.27. The predicted octanol–water partition coefficient (Wildman–Crippen LogP) is 2.46. The summed E-state index contributed by atoms with van der Waals surface area (Å²) in [5.41, 5.74) is 3.83. The van der Waals surface area contributed by atoms with Gasteiger partial charge < -0.3 is 14.9 Å². The Morgan fingerprint density at radius 2 is 1.95 bits per heavy atom. The number of nitrogens with one attached hydrogen (secondary N) is 2. The van der Waals surface area contributed by atoms with E-state index in [9.17, 15) is 4.79 Å². The molecule has 0 unspecified atom stereocenters. The van der Waals surface area contributed by atoms with Crippen LogP contribution in [0.2, 0.25) is 0 Å². The lowest BCUT2D eigenvalue weighted by atomic mass is 10.2. The van der Waals surface area contributed by atoms with E-state index >= 15 is 0 Å². The third-order valence-corrected chi connectivity index (χ3v) is 3.37. The zero-order chi connectivity index (χ0) is 14.8. The summed E-state index contributed by atoms with van der Waals surface area (Å²) in [5.74, 6) is 0.0301. The maximum atomic E-state index is 11.9. The van der Waals surface area contributed by atoms with Gasteiger partial charge in [-0.15, -0.1) is 0 Å². The molecule has 0 saturated carbocycles. The summed E-state index contributed by atoms with van der Waals surface area (Å²) in [4.78, 5) is 22.8. The summed E-state index contributed by atoms with van der Waals surface area (Å²) in [5, 5.41) is 2.79. The topological polar surface area (TPSA) is 75.6 Å². The number of rotatable bonds is 3. The molecular formula is C15H15N5O. The van der Waals surface area contributed by atoms with Gasteiger partial charge in [-0.3, -0.25) is 4.79 Å². The molecule has 3 rings (SSSR count). The van der Waals surface area contributed by atoms with E-state index in [1.165, 1.54) is 0 Å². The van der Waals surface area contributed by atoms with Gasteiger partial charge in [0.05, 0.1) is 12.0 Å². The number of hydrogen-bond donors (Lipinski definition) is 2. The Balaban J connectivity index is 1.78. The fourth-order valence-electron chi connectivity index (χ4n) is 2.04. The highest BCUT2D eigenvalue weighted by Crippen LogP contribution is 2.17. The molecule has 6 heteroatoms. The van der Waals surface area contributed by atoms with Crippen molar-refractivity contribution in [1.29, 1.82) is 0 Å². The van der Waals surface area contributed by atoms with Gasteiger partial charge in [-0.05, 0) is 38.1 Å². The molecule has 106 valence electrons. The number of amides is 1. The van der Waals surface area contributed by atoms with E-state index in [2.05, 4.69) is 20.3 Å². The molecule has 21 heavy (non-hydrogen) atoms. The van der Waals surface area contributed by atoms with Crippen LogP contribution in [0.1, 0.15) is 22.0 Å². The first-order chi connectivity index (χ1) is 10.1. The van der Waals surface area contributed by atoms with Crippen molar-refractivity contribution in [3.63, 3.8) is 0 Å². The van der Waals surface area contributed by atoms with Crippen molar-refractivity contribution in [3.8, 4) is 5.69 Å². The number of aromatic nitrogens is 4.